The zero-order valence-corrected chi connectivity index (χ0v) is 10.6. The summed E-state index contributed by atoms with van der Waals surface area (Å²) in [6.45, 7) is 0.223. The van der Waals surface area contributed by atoms with Gasteiger partial charge in [0.25, 0.3) is 5.91 Å². The second kappa shape index (κ2) is 6.45. The van der Waals surface area contributed by atoms with E-state index in [1.165, 1.54) is 12.3 Å². The van der Waals surface area contributed by atoms with Crippen LogP contribution in [0.3, 0.4) is 0 Å². The molecule has 0 atom stereocenters. The van der Waals surface area contributed by atoms with Gasteiger partial charge < -0.3 is 11.1 Å². The van der Waals surface area contributed by atoms with Crippen LogP contribution in [-0.4, -0.2) is 17.4 Å². The minimum Gasteiger partial charge on any atom is -0.321 e. The van der Waals surface area contributed by atoms with Crippen LogP contribution < -0.4 is 11.1 Å². The second-order valence-electron chi connectivity index (χ2n) is 3.86. The molecule has 4 nitrogen and oxygen atoms in total. The van der Waals surface area contributed by atoms with E-state index in [-0.39, 0.29) is 12.1 Å². The number of rotatable bonds is 2. The molecule has 1 aromatic heterocycles. The number of benzene rings is 1. The molecule has 1 heterocycles. The van der Waals surface area contributed by atoms with E-state index in [2.05, 4.69) is 22.1 Å². The predicted octanol–water partition coefficient (Wildman–Crippen LogP) is 1.78. The number of amides is 1. The van der Waals surface area contributed by atoms with Crippen molar-refractivity contribution in [1.29, 1.82) is 0 Å². The summed E-state index contributed by atoms with van der Waals surface area (Å²) < 4.78 is 13.5. The van der Waals surface area contributed by atoms with Crippen molar-refractivity contribution in [2.45, 2.75) is 0 Å². The van der Waals surface area contributed by atoms with Gasteiger partial charge in [0.15, 0.2) is 5.82 Å². The van der Waals surface area contributed by atoms with Crippen molar-refractivity contribution < 1.29 is 9.18 Å². The molecule has 100 valence electrons. The lowest BCUT2D eigenvalue weighted by molar-refractivity contribution is 0.102. The topological polar surface area (TPSA) is 68.0 Å². The maximum atomic E-state index is 13.5. The van der Waals surface area contributed by atoms with Crippen LogP contribution in [0.25, 0.3) is 0 Å². The number of nitrogens with one attached hydrogen (secondary N) is 1. The fraction of sp³-hybridized carbons (Fsp3) is 0.0667. The summed E-state index contributed by atoms with van der Waals surface area (Å²) in [5.74, 6) is 4.34. The van der Waals surface area contributed by atoms with Gasteiger partial charge in [-0.3, -0.25) is 9.78 Å². The minimum atomic E-state index is -0.671. The van der Waals surface area contributed by atoms with Crippen LogP contribution in [0.15, 0.2) is 42.7 Å². The molecule has 5 heteroatoms. The van der Waals surface area contributed by atoms with Crippen LogP contribution in [0.5, 0.6) is 0 Å². The number of hydrogen-bond donors (Lipinski definition) is 2. The molecule has 2 rings (SSSR count). The molecule has 0 aliphatic rings. The van der Waals surface area contributed by atoms with Gasteiger partial charge in [0.2, 0.25) is 0 Å². The van der Waals surface area contributed by atoms with Crippen LogP contribution >= 0.6 is 0 Å². The lowest BCUT2D eigenvalue weighted by atomic mass is 10.1. The Morgan fingerprint density at radius 1 is 1.35 bits per heavy atom. The number of hydrogen-bond acceptors (Lipinski definition) is 3. The molecule has 0 saturated carbocycles. The molecule has 0 spiro atoms. The first-order valence-corrected chi connectivity index (χ1v) is 5.91. The van der Waals surface area contributed by atoms with Crippen LogP contribution in [0.4, 0.5) is 10.1 Å². The quantitative estimate of drug-likeness (QED) is 0.817. The molecule has 0 fully saturated rings. The number of para-hydroxylation sites is 1. The van der Waals surface area contributed by atoms with E-state index in [4.69, 9.17) is 5.73 Å². The van der Waals surface area contributed by atoms with Crippen molar-refractivity contribution in [2.75, 3.05) is 11.9 Å². The molecule has 0 aliphatic carbocycles. The van der Waals surface area contributed by atoms with Crippen LogP contribution in [0.2, 0.25) is 0 Å². The zero-order chi connectivity index (χ0) is 14.4. The number of aromatic nitrogens is 1. The monoisotopic (exact) mass is 269 g/mol. The van der Waals surface area contributed by atoms with E-state index >= 15 is 0 Å². The van der Waals surface area contributed by atoms with E-state index < -0.39 is 11.7 Å². The van der Waals surface area contributed by atoms with Crippen molar-refractivity contribution in [3.63, 3.8) is 0 Å². The number of halogens is 1. The van der Waals surface area contributed by atoms with Gasteiger partial charge in [-0.25, -0.2) is 4.39 Å². The number of carbonyl (C=O) groups is 1. The van der Waals surface area contributed by atoms with Gasteiger partial charge >= 0.3 is 0 Å². The highest BCUT2D eigenvalue weighted by Gasteiger charge is 2.12. The highest BCUT2D eigenvalue weighted by atomic mass is 19.1. The number of anilines is 1. The molecule has 1 amide bonds. The summed E-state index contributed by atoms with van der Waals surface area (Å²) >= 11 is 0. The largest absolute Gasteiger partial charge is 0.321 e. The Morgan fingerprint density at radius 3 is 2.90 bits per heavy atom. The van der Waals surface area contributed by atoms with E-state index in [1.807, 2.05) is 0 Å². The Hall–Kier alpha value is -2.71. The van der Waals surface area contributed by atoms with Crippen molar-refractivity contribution in [2.24, 2.45) is 5.73 Å². The highest BCUT2D eigenvalue weighted by Crippen LogP contribution is 2.15. The van der Waals surface area contributed by atoms with Gasteiger partial charge in [-0.1, -0.05) is 24.0 Å². The fourth-order valence-electron chi connectivity index (χ4n) is 1.60. The van der Waals surface area contributed by atoms with E-state index in [1.54, 1.807) is 24.3 Å². The third kappa shape index (κ3) is 3.19. The van der Waals surface area contributed by atoms with Crippen LogP contribution in [0.1, 0.15) is 15.9 Å². The summed E-state index contributed by atoms with van der Waals surface area (Å²) in [6, 6.07) is 8.31. The summed E-state index contributed by atoms with van der Waals surface area (Å²) in [5, 5.41) is 2.63. The Morgan fingerprint density at radius 2 is 2.15 bits per heavy atom. The number of nitrogens with zero attached hydrogens (tertiary/aromatic N) is 1. The lowest BCUT2D eigenvalue weighted by Gasteiger charge is -2.07. The van der Waals surface area contributed by atoms with Crippen molar-refractivity contribution in [3.8, 4) is 11.8 Å². The number of nitrogens with two attached hydrogens (primary N) is 1. The van der Waals surface area contributed by atoms with Gasteiger partial charge in [-0.05, 0) is 18.2 Å². The van der Waals surface area contributed by atoms with E-state index in [0.29, 0.717) is 11.3 Å². The second-order valence-corrected chi connectivity index (χ2v) is 3.86. The molecule has 0 bridgehead atoms. The van der Waals surface area contributed by atoms with Gasteiger partial charge in [-0.2, -0.15) is 0 Å². The standard InChI is InChI=1S/C15H12FN3O/c16-13-10-18-9-7-12(13)15(20)19-14-6-2-1-4-11(14)5-3-8-17/h1-2,4,6-7,9-10H,8,17H2,(H,19,20). The highest BCUT2D eigenvalue weighted by molar-refractivity contribution is 6.05. The Labute approximate surface area is 115 Å². The Kier molecular flexibility index (Phi) is 4.43. The third-order valence-electron chi connectivity index (χ3n) is 2.52. The first kappa shape index (κ1) is 13.7. The molecular formula is C15H12FN3O. The Bertz CT molecular complexity index is 689. The van der Waals surface area contributed by atoms with Gasteiger partial charge in [0.05, 0.1) is 24.0 Å². The smallest absolute Gasteiger partial charge is 0.258 e. The predicted molar refractivity (Wildman–Crippen MR) is 74.5 cm³/mol. The zero-order valence-electron chi connectivity index (χ0n) is 10.6. The van der Waals surface area contributed by atoms with Crippen LogP contribution in [0, 0.1) is 17.7 Å². The third-order valence-corrected chi connectivity index (χ3v) is 2.52. The maximum absolute atomic E-state index is 13.5. The first-order valence-electron chi connectivity index (χ1n) is 5.91. The molecule has 0 unspecified atom stereocenters. The molecule has 0 aliphatic heterocycles. The molecule has 2 aromatic rings. The maximum Gasteiger partial charge on any atom is 0.258 e. The summed E-state index contributed by atoms with van der Waals surface area (Å²) in [5.41, 5.74) is 6.39. The van der Waals surface area contributed by atoms with E-state index in [0.717, 1.165) is 6.20 Å². The number of pyridine rings is 1. The summed E-state index contributed by atoms with van der Waals surface area (Å²) in [4.78, 5) is 15.6. The molecular weight excluding hydrogens is 257 g/mol. The first-order chi connectivity index (χ1) is 9.72. The van der Waals surface area contributed by atoms with Gasteiger partial charge in [0, 0.05) is 11.8 Å². The van der Waals surface area contributed by atoms with Gasteiger partial charge in [0.1, 0.15) is 0 Å². The normalized spacial score (nSPS) is 9.50. The molecule has 20 heavy (non-hydrogen) atoms. The Balaban J connectivity index is 2.27. The summed E-state index contributed by atoms with van der Waals surface area (Å²) in [7, 11) is 0. The molecule has 3 N–H and O–H groups in total. The lowest BCUT2D eigenvalue weighted by Crippen LogP contribution is -2.14. The SMILES string of the molecule is NCC#Cc1ccccc1NC(=O)c1ccncc1F. The van der Waals surface area contributed by atoms with Gasteiger partial charge in [-0.15, -0.1) is 0 Å². The average molecular weight is 269 g/mol. The average Bonchev–Trinajstić information content (AvgIpc) is 2.46. The fourth-order valence-corrected chi connectivity index (χ4v) is 1.60. The molecule has 0 saturated heterocycles. The minimum absolute atomic E-state index is 0.0680. The molecule has 1 aromatic carbocycles. The molecule has 0 radical (unpaired) electrons. The number of carbonyl (C=O) groups excluding carboxylic acids is 1. The van der Waals surface area contributed by atoms with Crippen molar-refractivity contribution in [3.05, 3.63) is 59.7 Å². The van der Waals surface area contributed by atoms with Crippen molar-refractivity contribution >= 4 is 11.6 Å². The van der Waals surface area contributed by atoms with E-state index in [9.17, 15) is 9.18 Å². The summed E-state index contributed by atoms with van der Waals surface area (Å²) in [6.07, 6.45) is 2.35. The van der Waals surface area contributed by atoms with Crippen molar-refractivity contribution in [1.82, 2.24) is 4.98 Å². The van der Waals surface area contributed by atoms with Crippen LogP contribution in [-0.2, 0) is 0 Å².